The van der Waals surface area contributed by atoms with Crippen LogP contribution in [-0.2, 0) is 13.6 Å². The molecular formula is C15H21N5O. The molecule has 6 nitrogen and oxygen atoms in total. The minimum absolute atomic E-state index is 0.0821. The van der Waals surface area contributed by atoms with E-state index < -0.39 is 0 Å². The van der Waals surface area contributed by atoms with E-state index in [1.807, 2.05) is 47.4 Å². The van der Waals surface area contributed by atoms with Crippen molar-refractivity contribution in [2.75, 3.05) is 27.2 Å². The van der Waals surface area contributed by atoms with Crippen LogP contribution in [0.5, 0.6) is 0 Å². The molecule has 1 amide bonds. The summed E-state index contributed by atoms with van der Waals surface area (Å²) < 4.78 is 4.06. The molecule has 0 radical (unpaired) electrons. The van der Waals surface area contributed by atoms with Crippen LogP contribution in [0.3, 0.4) is 0 Å². The lowest BCUT2D eigenvalue weighted by Crippen LogP contribution is -2.44. The van der Waals surface area contributed by atoms with Crippen molar-refractivity contribution in [2.45, 2.75) is 12.6 Å². The maximum absolute atomic E-state index is 12.7. The van der Waals surface area contributed by atoms with E-state index in [-0.39, 0.29) is 11.9 Å². The van der Waals surface area contributed by atoms with Crippen LogP contribution < -0.4 is 0 Å². The summed E-state index contributed by atoms with van der Waals surface area (Å²) in [5.41, 5.74) is 1.82. The number of carbonyl (C=O) groups is 1. The molecule has 0 saturated carbocycles. The van der Waals surface area contributed by atoms with E-state index in [1.165, 1.54) is 0 Å². The monoisotopic (exact) mass is 287 g/mol. The number of hydrogen-bond acceptors (Lipinski definition) is 3. The predicted octanol–water partition coefficient (Wildman–Crippen LogP) is 0.980. The first-order valence-corrected chi connectivity index (χ1v) is 7.12. The third kappa shape index (κ3) is 2.58. The second-order valence-corrected chi connectivity index (χ2v) is 5.90. The van der Waals surface area contributed by atoms with Crippen molar-refractivity contribution < 1.29 is 4.79 Å². The minimum Gasteiger partial charge on any atom is -0.347 e. The van der Waals surface area contributed by atoms with Gasteiger partial charge < -0.3 is 18.9 Å². The standard InChI is InChI=1S/C15H21N5O/c1-17(2)8-13-10-19(9-12-7-16-11-20(12)13)15(21)14-5-4-6-18(14)3/h4-7,11,13H,8-10H2,1-3H3/t13-/m1/s1. The van der Waals surface area contributed by atoms with Gasteiger partial charge in [0.2, 0.25) is 0 Å². The first-order chi connectivity index (χ1) is 10.1. The number of imidazole rings is 1. The highest BCUT2D eigenvalue weighted by molar-refractivity contribution is 5.92. The smallest absolute Gasteiger partial charge is 0.270 e. The number of rotatable bonds is 3. The zero-order chi connectivity index (χ0) is 15.0. The van der Waals surface area contributed by atoms with Gasteiger partial charge in [-0.2, -0.15) is 0 Å². The summed E-state index contributed by atoms with van der Waals surface area (Å²) in [4.78, 5) is 21.0. The Morgan fingerprint density at radius 3 is 2.95 bits per heavy atom. The summed E-state index contributed by atoms with van der Waals surface area (Å²) in [5.74, 6) is 0.0821. The Hall–Kier alpha value is -2.08. The largest absolute Gasteiger partial charge is 0.347 e. The molecule has 3 rings (SSSR count). The molecule has 0 spiro atoms. The fourth-order valence-corrected chi connectivity index (χ4v) is 2.95. The number of likely N-dealkylation sites (N-methyl/N-ethyl adjacent to an activating group) is 1. The van der Waals surface area contributed by atoms with Gasteiger partial charge in [-0.1, -0.05) is 0 Å². The van der Waals surface area contributed by atoms with Crippen molar-refractivity contribution in [3.63, 3.8) is 0 Å². The summed E-state index contributed by atoms with van der Waals surface area (Å²) in [6, 6.07) is 4.02. The van der Waals surface area contributed by atoms with Crippen molar-refractivity contribution in [3.8, 4) is 0 Å². The Morgan fingerprint density at radius 2 is 2.29 bits per heavy atom. The second kappa shape index (κ2) is 5.37. The number of amides is 1. The number of fused-ring (bicyclic) bond motifs is 1. The lowest BCUT2D eigenvalue weighted by atomic mass is 10.1. The van der Waals surface area contributed by atoms with E-state index in [0.29, 0.717) is 13.1 Å². The van der Waals surface area contributed by atoms with Gasteiger partial charge in [0.15, 0.2) is 0 Å². The highest BCUT2D eigenvalue weighted by Crippen LogP contribution is 2.23. The van der Waals surface area contributed by atoms with E-state index in [4.69, 9.17) is 0 Å². The number of aryl methyl sites for hydroxylation is 1. The van der Waals surface area contributed by atoms with Crippen LogP contribution in [0.2, 0.25) is 0 Å². The summed E-state index contributed by atoms with van der Waals surface area (Å²) in [5, 5.41) is 0. The van der Waals surface area contributed by atoms with E-state index >= 15 is 0 Å². The maximum atomic E-state index is 12.7. The van der Waals surface area contributed by atoms with Gasteiger partial charge in [-0.15, -0.1) is 0 Å². The third-order valence-corrected chi connectivity index (χ3v) is 3.95. The Kier molecular flexibility index (Phi) is 3.55. The van der Waals surface area contributed by atoms with Gasteiger partial charge in [-0.05, 0) is 26.2 Å². The zero-order valence-corrected chi connectivity index (χ0v) is 12.7. The Bertz CT molecular complexity index is 642. The average Bonchev–Trinajstić information content (AvgIpc) is 3.05. The number of carbonyl (C=O) groups excluding carboxylic acids is 1. The van der Waals surface area contributed by atoms with Crippen LogP contribution in [0.15, 0.2) is 30.9 Å². The normalized spacial score (nSPS) is 18.1. The van der Waals surface area contributed by atoms with Crippen molar-refractivity contribution in [2.24, 2.45) is 7.05 Å². The van der Waals surface area contributed by atoms with Crippen LogP contribution in [0.1, 0.15) is 22.2 Å². The molecule has 1 atom stereocenters. The average molecular weight is 287 g/mol. The van der Waals surface area contributed by atoms with Gasteiger partial charge in [0.05, 0.1) is 24.6 Å². The molecule has 0 aliphatic carbocycles. The van der Waals surface area contributed by atoms with Gasteiger partial charge in [-0.3, -0.25) is 4.79 Å². The Labute approximate surface area is 124 Å². The lowest BCUT2D eigenvalue weighted by molar-refractivity contribution is 0.0654. The maximum Gasteiger partial charge on any atom is 0.270 e. The molecule has 2 aromatic heterocycles. The highest BCUT2D eigenvalue weighted by atomic mass is 16.2. The van der Waals surface area contributed by atoms with Crippen LogP contribution >= 0.6 is 0 Å². The Morgan fingerprint density at radius 1 is 1.48 bits per heavy atom. The molecular weight excluding hydrogens is 266 g/mol. The third-order valence-electron chi connectivity index (χ3n) is 3.95. The topological polar surface area (TPSA) is 46.3 Å². The molecule has 2 aromatic rings. The summed E-state index contributed by atoms with van der Waals surface area (Å²) in [6.07, 6.45) is 5.62. The van der Waals surface area contributed by atoms with Crippen LogP contribution in [-0.4, -0.2) is 57.0 Å². The molecule has 1 aliphatic heterocycles. The van der Waals surface area contributed by atoms with E-state index in [9.17, 15) is 4.79 Å². The van der Waals surface area contributed by atoms with Crippen molar-refractivity contribution in [1.29, 1.82) is 0 Å². The molecule has 112 valence electrons. The molecule has 1 aliphatic rings. The first-order valence-electron chi connectivity index (χ1n) is 7.12. The van der Waals surface area contributed by atoms with Gasteiger partial charge >= 0.3 is 0 Å². The van der Waals surface area contributed by atoms with E-state index in [0.717, 1.165) is 17.9 Å². The zero-order valence-electron chi connectivity index (χ0n) is 12.7. The molecule has 0 saturated heterocycles. The minimum atomic E-state index is 0.0821. The van der Waals surface area contributed by atoms with Gasteiger partial charge in [0.1, 0.15) is 5.69 Å². The van der Waals surface area contributed by atoms with Gasteiger partial charge in [-0.25, -0.2) is 4.98 Å². The van der Waals surface area contributed by atoms with Crippen LogP contribution in [0, 0.1) is 0 Å². The van der Waals surface area contributed by atoms with Gasteiger partial charge in [0, 0.05) is 32.5 Å². The summed E-state index contributed by atoms with van der Waals surface area (Å²) in [6.45, 7) is 2.22. The first kappa shape index (κ1) is 13.9. The predicted molar refractivity (Wildman–Crippen MR) is 80.0 cm³/mol. The fraction of sp³-hybridized carbons (Fsp3) is 0.467. The van der Waals surface area contributed by atoms with E-state index in [2.05, 4.69) is 28.5 Å². The highest BCUT2D eigenvalue weighted by Gasteiger charge is 2.29. The SMILES string of the molecule is CN(C)C[C@@H]1CN(C(=O)c2cccn2C)Cc2cncn21. The van der Waals surface area contributed by atoms with E-state index in [1.54, 1.807) is 0 Å². The van der Waals surface area contributed by atoms with Crippen LogP contribution in [0.4, 0.5) is 0 Å². The Balaban J connectivity index is 1.86. The van der Waals surface area contributed by atoms with Crippen molar-refractivity contribution in [3.05, 3.63) is 42.2 Å². The van der Waals surface area contributed by atoms with Crippen LogP contribution in [0.25, 0.3) is 0 Å². The molecule has 0 aromatic carbocycles. The van der Waals surface area contributed by atoms with Gasteiger partial charge in [0.25, 0.3) is 5.91 Å². The number of nitrogens with zero attached hydrogens (tertiary/aromatic N) is 5. The number of hydrogen-bond donors (Lipinski definition) is 0. The molecule has 0 fully saturated rings. The molecule has 21 heavy (non-hydrogen) atoms. The lowest BCUT2D eigenvalue weighted by Gasteiger charge is -2.35. The number of aromatic nitrogens is 3. The molecule has 3 heterocycles. The molecule has 6 heteroatoms. The summed E-state index contributed by atoms with van der Waals surface area (Å²) >= 11 is 0. The molecule has 0 bridgehead atoms. The molecule has 0 unspecified atom stereocenters. The molecule has 0 N–H and O–H groups in total. The fourth-order valence-electron chi connectivity index (χ4n) is 2.95. The summed E-state index contributed by atoms with van der Waals surface area (Å²) in [7, 11) is 6.00. The van der Waals surface area contributed by atoms with Crippen molar-refractivity contribution in [1.82, 2.24) is 23.9 Å². The van der Waals surface area contributed by atoms with Crippen molar-refractivity contribution >= 4 is 5.91 Å². The second-order valence-electron chi connectivity index (χ2n) is 5.90. The quantitative estimate of drug-likeness (QED) is 0.845.